The molecule has 0 aliphatic carbocycles. The number of carboxylic acids is 4. The summed E-state index contributed by atoms with van der Waals surface area (Å²) in [6.07, 6.45) is 0. The van der Waals surface area contributed by atoms with E-state index in [1.165, 1.54) is 24.3 Å². The molecule has 8 nitrogen and oxygen atoms in total. The van der Waals surface area contributed by atoms with Gasteiger partial charge in [-0.25, -0.2) is 0 Å². The number of carbonyl (C=O) groups is 4. The van der Waals surface area contributed by atoms with Crippen LogP contribution in [0.25, 0.3) is 0 Å². The number of benzene rings is 2. The molecule has 0 N–H and O–H groups in total. The van der Waals surface area contributed by atoms with Crippen molar-refractivity contribution in [2.24, 2.45) is 0 Å². The molecule has 124 valence electrons. The summed E-state index contributed by atoms with van der Waals surface area (Å²) in [4.78, 5) is 41.3. The number of carboxylic acid groups (broad SMARTS) is 4. The average Bonchev–Trinajstić information content (AvgIpc) is 2.55. The van der Waals surface area contributed by atoms with Gasteiger partial charge in [-0.05, 0) is 0 Å². The summed E-state index contributed by atoms with van der Waals surface area (Å²) >= 11 is 0. The van der Waals surface area contributed by atoms with Gasteiger partial charge in [-0.3, -0.25) is 0 Å². The molecule has 0 unspecified atom stereocenters. The van der Waals surface area contributed by atoms with Crippen LogP contribution in [0.5, 0.6) is 0 Å². The third kappa shape index (κ3) is 7.39. The maximum Gasteiger partial charge on any atom is 2.00 e. The van der Waals surface area contributed by atoms with E-state index in [0.29, 0.717) is 0 Å². The van der Waals surface area contributed by atoms with E-state index in [1.807, 2.05) is 0 Å². The van der Waals surface area contributed by atoms with Gasteiger partial charge >= 0.3 is 46.1 Å². The van der Waals surface area contributed by atoms with E-state index in [0.717, 1.165) is 24.3 Å². The molecule has 26 heavy (non-hydrogen) atoms. The van der Waals surface area contributed by atoms with Crippen LogP contribution in [0.4, 0.5) is 0 Å². The monoisotopic (exact) mass is 376 g/mol. The van der Waals surface area contributed by atoms with Crippen LogP contribution in [0, 0.1) is 0 Å². The summed E-state index contributed by atoms with van der Waals surface area (Å²) < 4.78 is 0. The zero-order valence-electron chi connectivity index (χ0n) is 13.3. The fraction of sp³-hybridized carbons (Fsp3) is 0. The van der Waals surface area contributed by atoms with Crippen LogP contribution < -0.4 is 20.4 Å². The third-order valence-electron chi connectivity index (χ3n) is 2.73. The molecule has 0 aliphatic rings. The molecular formula is C16H8Mg2O8. The standard InChI is InChI=1S/2C8H6O4.2Mg/c2*9-7(10)5-3-1-2-4-6(5)8(11)12;;/h2*1-4H,(H,9,10)(H,11,12);;/q;;2*+2/p-4. The van der Waals surface area contributed by atoms with Gasteiger partial charge in [-0.1, -0.05) is 48.5 Å². The third-order valence-corrected chi connectivity index (χ3v) is 2.73. The Kier molecular flexibility index (Phi) is 12.3. The molecule has 0 fully saturated rings. The van der Waals surface area contributed by atoms with Crippen LogP contribution in [-0.2, 0) is 0 Å². The van der Waals surface area contributed by atoms with Crippen molar-refractivity contribution in [3.63, 3.8) is 0 Å². The number of rotatable bonds is 4. The maximum absolute atomic E-state index is 10.3. The number of hydrogen-bond donors (Lipinski definition) is 0. The van der Waals surface area contributed by atoms with Crippen LogP contribution in [-0.4, -0.2) is 70.0 Å². The first kappa shape index (κ1) is 26.1. The van der Waals surface area contributed by atoms with Gasteiger partial charge in [0, 0.05) is 22.3 Å². The van der Waals surface area contributed by atoms with Gasteiger partial charge in [0.05, 0.1) is 23.9 Å². The van der Waals surface area contributed by atoms with Crippen LogP contribution in [0.3, 0.4) is 0 Å². The summed E-state index contributed by atoms with van der Waals surface area (Å²) in [5.74, 6) is -6.07. The van der Waals surface area contributed by atoms with Crippen LogP contribution in [0.1, 0.15) is 41.4 Å². The molecule has 0 aliphatic heterocycles. The zero-order chi connectivity index (χ0) is 18.3. The van der Waals surface area contributed by atoms with Gasteiger partial charge < -0.3 is 39.6 Å². The molecule has 0 atom stereocenters. The van der Waals surface area contributed by atoms with Crippen molar-refractivity contribution in [3.8, 4) is 0 Å². The predicted octanol–water partition coefficient (Wildman–Crippen LogP) is -3.93. The predicted molar refractivity (Wildman–Crippen MR) is 81.7 cm³/mol. The summed E-state index contributed by atoms with van der Waals surface area (Å²) in [7, 11) is 0. The van der Waals surface area contributed by atoms with Gasteiger partial charge in [-0.15, -0.1) is 0 Å². The van der Waals surface area contributed by atoms with Crippen molar-refractivity contribution in [1.29, 1.82) is 0 Å². The van der Waals surface area contributed by atoms with Crippen molar-refractivity contribution in [3.05, 3.63) is 70.8 Å². The Balaban J connectivity index is 0. The first-order valence-corrected chi connectivity index (χ1v) is 6.29. The van der Waals surface area contributed by atoms with E-state index >= 15 is 0 Å². The van der Waals surface area contributed by atoms with Gasteiger partial charge in [-0.2, -0.15) is 0 Å². The van der Waals surface area contributed by atoms with E-state index in [4.69, 9.17) is 0 Å². The first-order chi connectivity index (χ1) is 11.3. The van der Waals surface area contributed by atoms with Crippen molar-refractivity contribution in [2.45, 2.75) is 0 Å². The minimum absolute atomic E-state index is 0. The van der Waals surface area contributed by atoms with Gasteiger partial charge in [0.25, 0.3) is 0 Å². The van der Waals surface area contributed by atoms with Gasteiger partial charge in [0.15, 0.2) is 0 Å². The number of aromatic carboxylic acids is 4. The molecular weight excluding hydrogens is 369 g/mol. The van der Waals surface area contributed by atoms with Gasteiger partial charge in [0.1, 0.15) is 0 Å². The topological polar surface area (TPSA) is 161 Å². The minimum atomic E-state index is -1.52. The molecule has 0 aromatic heterocycles. The molecule has 0 saturated heterocycles. The van der Waals surface area contributed by atoms with Crippen molar-refractivity contribution >= 4 is 70.0 Å². The van der Waals surface area contributed by atoms with Crippen molar-refractivity contribution in [2.75, 3.05) is 0 Å². The largest absolute Gasteiger partial charge is 2.00 e. The fourth-order valence-corrected chi connectivity index (χ4v) is 1.68. The van der Waals surface area contributed by atoms with E-state index in [1.54, 1.807) is 0 Å². The second kappa shape index (κ2) is 12.2. The minimum Gasteiger partial charge on any atom is -0.545 e. The quantitative estimate of drug-likeness (QED) is 0.488. The molecule has 0 spiro atoms. The second-order valence-corrected chi connectivity index (χ2v) is 4.24. The van der Waals surface area contributed by atoms with Gasteiger partial charge in [0.2, 0.25) is 0 Å². The molecule has 2 aromatic carbocycles. The summed E-state index contributed by atoms with van der Waals surface area (Å²) in [6, 6.07) is 10.3. The Hall–Kier alpha value is -2.15. The van der Waals surface area contributed by atoms with Crippen LogP contribution >= 0.6 is 0 Å². The van der Waals surface area contributed by atoms with Crippen LogP contribution in [0.15, 0.2) is 48.5 Å². The average molecular weight is 377 g/mol. The fourth-order valence-electron chi connectivity index (χ4n) is 1.68. The Morgan fingerprint density at radius 3 is 0.731 bits per heavy atom. The van der Waals surface area contributed by atoms with Crippen LogP contribution in [0.2, 0.25) is 0 Å². The Morgan fingerprint density at radius 1 is 0.462 bits per heavy atom. The molecule has 0 amide bonds. The van der Waals surface area contributed by atoms with E-state index in [9.17, 15) is 39.6 Å². The molecule has 0 heterocycles. The molecule has 2 aromatic rings. The van der Waals surface area contributed by atoms with Crippen molar-refractivity contribution < 1.29 is 39.6 Å². The molecule has 0 bridgehead atoms. The normalized spacial score (nSPS) is 8.62. The van der Waals surface area contributed by atoms with E-state index < -0.39 is 23.9 Å². The molecule has 0 radical (unpaired) electrons. The second-order valence-electron chi connectivity index (χ2n) is 4.24. The first-order valence-electron chi connectivity index (χ1n) is 6.29. The smallest absolute Gasteiger partial charge is 0.545 e. The van der Waals surface area contributed by atoms with E-state index in [-0.39, 0.29) is 68.4 Å². The Morgan fingerprint density at radius 2 is 0.615 bits per heavy atom. The summed E-state index contributed by atoms with van der Waals surface area (Å²) in [6.45, 7) is 0. The number of carbonyl (C=O) groups excluding carboxylic acids is 4. The number of hydrogen-bond acceptors (Lipinski definition) is 8. The van der Waals surface area contributed by atoms with E-state index in [2.05, 4.69) is 0 Å². The zero-order valence-corrected chi connectivity index (χ0v) is 16.1. The molecule has 2 rings (SSSR count). The molecule has 0 saturated carbocycles. The van der Waals surface area contributed by atoms with Crippen molar-refractivity contribution in [1.82, 2.24) is 0 Å². The maximum atomic E-state index is 10.3. The summed E-state index contributed by atoms with van der Waals surface area (Å²) in [5.41, 5.74) is -1.45. The summed E-state index contributed by atoms with van der Waals surface area (Å²) in [5, 5.41) is 41.3. The molecule has 10 heteroatoms. The Labute approximate surface area is 179 Å². The SMILES string of the molecule is O=C([O-])c1ccccc1C(=O)[O-].O=C([O-])c1ccccc1C(=O)[O-].[Mg+2].[Mg+2]. The Bertz CT molecular complexity index is 671.